The normalized spacial score (nSPS) is 12.2. The minimum atomic E-state index is -0.918. The zero-order valence-electron chi connectivity index (χ0n) is 12.0. The van der Waals surface area contributed by atoms with Crippen molar-refractivity contribution in [1.29, 1.82) is 0 Å². The van der Waals surface area contributed by atoms with Gasteiger partial charge < -0.3 is 10.4 Å². The molecule has 1 atom stereocenters. The zero-order valence-corrected chi connectivity index (χ0v) is 12.8. The van der Waals surface area contributed by atoms with Gasteiger partial charge in [-0.1, -0.05) is 31.5 Å². The van der Waals surface area contributed by atoms with Crippen LogP contribution in [0.25, 0.3) is 0 Å². The molecule has 0 aromatic heterocycles. The second kappa shape index (κ2) is 7.98. The highest BCUT2D eigenvalue weighted by atomic mass is 35.5. The number of halogens is 2. The van der Waals surface area contributed by atoms with Gasteiger partial charge in [0.25, 0.3) is 5.91 Å². The maximum atomic E-state index is 13.6. The van der Waals surface area contributed by atoms with E-state index in [4.69, 9.17) is 16.7 Å². The average Bonchev–Trinajstić information content (AvgIpc) is 2.34. The van der Waals surface area contributed by atoms with Crippen molar-refractivity contribution in [3.05, 3.63) is 34.6 Å². The third-order valence-electron chi connectivity index (χ3n) is 3.01. The van der Waals surface area contributed by atoms with Crippen LogP contribution in [0.4, 0.5) is 4.39 Å². The molecule has 1 unspecified atom stereocenters. The monoisotopic (exact) mass is 315 g/mol. The first kappa shape index (κ1) is 17.4. The first-order chi connectivity index (χ1) is 9.81. The summed E-state index contributed by atoms with van der Waals surface area (Å²) < 4.78 is 13.6. The summed E-state index contributed by atoms with van der Waals surface area (Å²) in [5.74, 6) is -2.13. The number of carbonyl (C=O) groups excluding carboxylic acids is 1. The fraction of sp³-hybridized carbons (Fsp3) is 0.467. The summed E-state index contributed by atoms with van der Waals surface area (Å²) in [6.45, 7) is 4.13. The number of hydrogen-bond acceptors (Lipinski definition) is 2. The molecular formula is C15H19ClFNO3. The predicted octanol–water partition coefficient (Wildman–Crippen LogP) is 3.35. The van der Waals surface area contributed by atoms with Crippen molar-refractivity contribution < 1.29 is 19.1 Å². The van der Waals surface area contributed by atoms with E-state index in [1.807, 2.05) is 13.8 Å². The van der Waals surface area contributed by atoms with Crippen molar-refractivity contribution in [1.82, 2.24) is 5.32 Å². The first-order valence-corrected chi connectivity index (χ1v) is 7.13. The highest BCUT2D eigenvalue weighted by molar-refractivity contribution is 6.33. The molecule has 0 bridgehead atoms. The Bertz CT molecular complexity index is 499. The number of amides is 1. The van der Waals surface area contributed by atoms with Crippen molar-refractivity contribution in [3.63, 3.8) is 0 Å². The minimum absolute atomic E-state index is 0.0335. The first-order valence-electron chi connectivity index (χ1n) is 6.75. The van der Waals surface area contributed by atoms with Gasteiger partial charge in [0.2, 0.25) is 0 Å². The van der Waals surface area contributed by atoms with Gasteiger partial charge in [-0.3, -0.25) is 9.59 Å². The number of aliphatic carboxylic acids is 1. The summed E-state index contributed by atoms with van der Waals surface area (Å²) in [6.07, 6.45) is 0.626. The van der Waals surface area contributed by atoms with Crippen LogP contribution in [-0.4, -0.2) is 23.5 Å². The van der Waals surface area contributed by atoms with E-state index in [0.717, 1.165) is 6.07 Å². The topological polar surface area (TPSA) is 66.4 Å². The van der Waals surface area contributed by atoms with E-state index in [1.54, 1.807) is 0 Å². The summed E-state index contributed by atoms with van der Waals surface area (Å²) in [5, 5.41) is 11.5. The molecule has 1 rings (SSSR count). The molecule has 0 aliphatic rings. The van der Waals surface area contributed by atoms with Crippen molar-refractivity contribution in [3.8, 4) is 0 Å². The van der Waals surface area contributed by atoms with E-state index in [0.29, 0.717) is 12.3 Å². The van der Waals surface area contributed by atoms with Gasteiger partial charge >= 0.3 is 5.97 Å². The van der Waals surface area contributed by atoms with Gasteiger partial charge in [0.1, 0.15) is 5.82 Å². The predicted molar refractivity (Wildman–Crippen MR) is 78.9 cm³/mol. The Balaban J connectivity index is 2.70. The average molecular weight is 316 g/mol. The molecule has 1 amide bonds. The standard InChI is InChI=1S/C15H19ClFNO3/c1-9(2)6-10(7-13(19)20)8-18-15(21)14-11(16)4-3-5-12(14)17/h3-5,9-10H,6-8H2,1-2H3,(H,18,21)(H,19,20). The van der Waals surface area contributed by atoms with Crippen molar-refractivity contribution in [2.24, 2.45) is 11.8 Å². The molecule has 0 saturated carbocycles. The number of carboxylic acids is 1. The molecule has 0 fully saturated rings. The van der Waals surface area contributed by atoms with Gasteiger partial charge in [0.15, 0.2) is 0 Å². The lowest BCUT2D eigenvalue weighted by molar-refractivity contribution is -0.138. The van der Waals surface area contributed by atoms with Crippen LogP contribution in [0.2, 0.25) is 5.02 Å². The fourth-order valence-corrected chi connectivity index (χ4v) is 2.44. The van der Waals surface area contributed by atoms with Crippen LogP contribution < -0.4 is 5.32 Å². The quantitative estimate of drug-likeness (QED) is 0.811. The number of benzene rings is 1. The summed E-state index contributed by atoms with van der Waals surface area (Å²) >= 11 is 5.81. The smallest absolute Gasteiger partial charge is 0.303 e. The summed E-state index contributed by atoms with van der Waals surface area (Å²) in [5.41, 5.74) is -0.210. The van der Waals surface area contributed by atoms with Crippen LogP contribution in [0.1, 0.15) is 37.0 Å². The maximum Gasteiger partial charge on any atom is 0.303 e. The van der Waals surface area contributed by atoms with Crippen LogP contribution in [0.15, 0.2) is 18.2 Å². The van der Waals surface area contributed by atoms with Gasteiger partial charge in [-0.25, -0.2) is 4.39 Å². The second-order valence-corrected chi connectivity index (χ2v) is 5.81. The number of nitrogens with one attached hydrogen (secondary N) is 1. The van der Waals surface area contributed by atoms with Gasteiger partial charge in [-0.2, -0.15) is 0 Å². The summed E-state index contributed by atoms with van der Waals surface area (Å²) in [4.78, 5) is 22.8. The molecule has 6 heteroatoms. The molecule has 4 nitrogen and oxygen atoms in total. The number of rotatable bonds is 7. The zero-order chi connectivity index (χ0) is 16.0. The molecular weight excluding hydrogens is 297 g/mol. The van der Waals surface area contributed by atoms with Crippen LogP contribution in [-0.2, 0) is 4.79 Å². The fourth-order valence-electron chi connectivity index (χ4n) is 2.19. The van der Waals surface area contributed by atoms with E-state index in [2.05, 4.69) is 5.32 Å². The van der Waals surface area contributed by atoms with E-state index >= 15 is 0 Å². The van der Waals surface area contributed by atoms with Gasteiger partial charge in [-0.15, -0.1) is 0 Å². The highest BCUT2D eigenvalue weighted by Crippen LogP contribution is 2.19. The van der Waals surface area contributed by atoms with Crippen LogP contribution >= 0.6 is 11.6 Å². The molecule has 116 valence electrons. The number of carbonyl (C=O) groups is 2. The second-order valence-electron chi connectivity index (χ2n) is 5.40. The lowest BCUT2D eigenvalue weighted by Gasteiger charge is -2.18. The van der Waals surface area contributed by atoms with Crippen LogP contribution in [0.5, 0.6) is 0 Å². The highest BCUT2D eigenvalue weighted by Gasteiger charge is 2.19. The summed E-state index contributed by atoms with van der Waals surface area (Å²) in [7, 11) is 0. The molecule has 0 spiro atoms. The summed E-state index contributed by atoms with van der Waals surface area (Å²) in [6, 6.07) is 4.01. The largest absolute Gasteiger partial charge is 0.481 e. The van der Waals surface area contributed by atoms with Gasteiger partial charge in [0, 0.05) is 13.0 Å². The van der Waals surface area contributed by atoms with E-state index in [-0.39, 0.29) is 29.5 Å². The third-order valence-corrected chi connectivity index (χ3v) is 3.32. The molecule has 1 aromatic carbocycles. The Morgan fingerprint density at radius 3 is 2.57 bits per heavy atom. The molecule has 0 saturated heterocycles. The third kappa shape index (κ3) is 5.71. The van der Waals surface area contributed by atoms with Gasteiger partial charge in [-0.05, 0) is 30.4 Å². The Kier molecular flexibility index (Phi) is 6.62. The lowest BCUT2D eigenvalue weighted by atomic mass is 9.94. The molecule has 0 radical (unpaired) electrons. The Morgan fingerprint density at radius 1 is 1.38 bits per heavy atom. The van der Waals surface area contributed by atoms with E-state index < -0.39 is 17.7 Å². The van der Waals surface area contributed by atoms with Crippen LogP contribution in [0, 0.1) is 17.7 Å². The SMILES string of the molecule is CC(C)CC(CNC(=O)c1c(F)cccc1Cl)CC(=O)O. The molecule has 0 aliphatic carbocycles. The molecule has 0 heterocycles. The van der Waals surface area contributed by atoms with E-state index in [1.165, 1.54) is 12.1 Å². The molecule has 0 aliphatic heterocycles. The van der Waals surface area contributed by atoms with Crippen molar-refractivity contribution in [2.45, 2.75) is 26.7 Å². The molecule has 2 N–H and O–H groups in total. The molecule has 1 aromatic rings. The number of carboxylic acid groups (broad SMARTS) is 1. The van der Waals surface area contributed by atoms with E-state index in [9.17, 15) is 14.0 Å². The lowest BCUT2D eigenvalue weighted by Crippen LogP contribution is -2.31. The van der Waals surface area contributed by atoms with Crippen molar-refractivity contribution >= 4 is 23.5 Å². The maximum absolute atomic E-state index is 13.6. The van der Waals surface area contributed by atoms with Gasteiger partial charge in [0.05, 0.1) is 10.6 Å². The van der Waals surface area contributed by atoms with Crippen molar-refractivity contribution in [2.75, 3.05) is 6.54 Å². The Morgan fingerprint density at radius 2 is 2.05 bits per heavy atom. The minimum Gasteiger partial charge on any atom is -0.481 e. The molecule has 21 heavy (non-hydrogen) atoms. The van der Waals surface area contributed by atoms with Crippen LogP contribution in [0.3, 0.4) is 0 Å². The Hall–Kier alpha value is -1.62. The number of hydrogen-bond donors (Lipinski definition) is 2. The Labute approximate surface area is 128 Å².